The van der Waals surface area contributed by atoms with Crippen LogP contribution in [0, 0.1) is 0 Å². The molecule has 0 heterocycles. The summed E-state index contributed by atoms with van der Waals surface area (Å²) in [6.45, 7) is 1.00. The molecule has 4 nitrogen and oxygen atoms in total. The Morgan fingerprint density at radius 2 is 2.06 bits per heavy atom. The number of halogens is 2. The van der Waals surface area contributed by atoms with Crippen LogP contribution in [0.5, 0.6) is 0 Å². The van der Waals surface area contributed by atoms with Crippen LogP contribution in [0.4, 0.5) is 0 Å². The van der Waals surface area contributed by atoms with Crippen molar-refractivity contribution in [2.45, 2.75) is 23.8 Å². The molecule has 7 heteroatoms. The molecule has 1 aliphatic carbocycles. The van der Waals surface area contributed by atoms with Crippen LogP contribution < -0.4 is 10.0 Å². The Labute approximate surface area is 120 Å². The highest BCUT2D eigenvalue weighted by Gasteiger charge is 2.21. The van der Waals surface area contributed by atoms with Crippen molar-refractivity contribution in [1.29, 1.82) is 0 Å². The monoisotopic (exact) mass is 352 g/mol. The van der Waals surface area contributed by atoms with Gasteiger partial charge in [-0.3, -0.25) is 0 Å². The average Bonchev–Trinajstić information content (AvgIpc) is 3.07. The predicted molar refractivity (Wildman–Crippen MR) is 75.4 cm³/mol. The van der Waals surface area contributed by atoms with Gasteiger partial charge in [-0.05, 0) is 31.0 Å². The van der Waals surface area contributed by atoms with Crippen molar-refractivity contribution in [3.8, 4) is 0 Å². The third-order valence-corrected chi connectivity index (χ3v) is 5.05. The highest BCUT2D eigenvalue weighted by Crippen LogP contribution is 2.24. The minimum absolute atomic E-state index is 0.110. The fourth-order valence-electron chi connectivity index (χ4n) is 1.52. The Hall–Kier alpha value is -0.140. The largest absolute Gasteiger partial charge is 0.313 e. The zero-order chi connectivity index (χ0) is 13.2. The lowest BCUT2D eigenvalue weighted by atomic mass is 10.4. The molecule has 0 atom stereocenters. The maximum absolute atomic E-state index is 12.0. The van der Waals surface area contributed by atoms with Crippen molar-refractivity contribution < 1.29 is 8.42 Å². The topological polar surface area (TPSA) is 58.2 Å². The first-order chi connectivity index (χ1) is 8.49. The summed E-state index contributed by atoms with van der Waals surface area (Å²) in [6, 6.07) is 5.29. The number of hydrogen-bond acceptors (Lipinski definition) is 3. The van der Waals surface area contributed by atoms with Crippen molar-refractivity contribution in [3.05, 3.63) is 27.7 Å². The molecule has 0 unspecified atom stereocenters. The van der Waals surface area contributed by atoms with Crippen molar-refractivity contribution in [2.24, 2.45) is 0 Å². The van der Waals surface area contributed by atoms with E-state index in [4.69, 9.17) is 11.6 Å². The molecular formula is C11H14BrClN2O2S. The van der Waals surface area contributed by atoms with Crippen molar-refractivity contribution >= 4 is 37.6 Å². The van der Waals surface area contributed by atoms with Gasteiger partial charge in [-0.1, -0.05) is 27.5 Å². The van der Waals surface area contributed by atoms with E-state index in [9.17, 15) is 8.42 Å². The van der Waals surface area contributed by atoms with Gasteiger partial charge in [0.05, 0.1) is 5.02 Å². The Morgan fingerprint density at radius 1 is 1.33 bits per heavy atom. The van der Waals surface area contributed by atoms with Gasteiger partial charge >= 0.3 is 0 Å². The first-order valence-corrected chi connectivity index (χ1v) is 8.32. The van der Waals surface area contributed by atoms with Crippen LogP contribution in [-0.4, -0.2) is 27.5 Å². The lowest BCUT2D eigenvalue weighted by Crippen LogP contribution is -2.32. The SMILES string of the molecule is O=S(=O)(NCCNC1CC1)c1ccc(Br)cc1Cl. The van der Waals surface area contributed by atoms with E-state index >= 15 is 0 Å². The summed E-state index contributed by atoms with van der Waals surface area (Å²) in [5, 5.41) is 3.45. The Bertz CT molecular complexity index is 532. The Balaban J connectivity index is 1.95. The molecule has 18 heavy (non-hydrogen) atoms. The quantitative estimate of drug-likeness (QED) is 0.770. The smallest absolute Gasteiger partial charge is 0.242 e. The fraction of sp³-hybridized carbons (Fsp3) is 0.455. The van der Waals surface area contributed by atoms with Gasteiger partial charge in [0.2, 0.25) is 10.0 Å². The summed E-state index contributed by atoms with van der Waals surface area (Å²) >= 11 is 9.16. The predicted octanol–water partition coefficient (Wildman–Crippen LogP) is 2.13. The molecule has 1 aliphatic rings. The lowest BCUT2D eigenvalue weighted by molar-refractivity contribution is 0.575. The molecule has 1 aromatic rings. The molecule has 0 bridgehead atoms. The van der Waals surface area contributed by atoms with Gasteiger partial charge in [-0.2, -0.15) is 0 Å². The summed E-state index contributed by atoms with van der Waals surface area (Å²) in [5.74, 6) is 0. The van der Waals surface area contributed by atoms with E-state index in [1.807, 2.05) is 0 Å². The van der Waals surface area contributed by atoms with Crippen molar-refractivity contribution in [2.75, 3.05) is 13.1 Å². The third-order valence-electron chi connectivity index (χ3n) is 2.61. The van der Waals surface area contributed by atoms with E-state index in [0.717, 1.165) is 4.47 Å². The summed E-state index contributed by atoms with van der Waals surface area (Å²) in [5.41, 5.74) is 0. The number of benzene rings is 1. The zero-order valence-electron chi connectivity index (χ0n) is 9.62. The van der Waals surface area contributed by atoms with E-state index in [-0.39, 0.29) is 9.92 Å². The van der Waals surface area contributed by atoms with E-state index < -0.39 is 10.0 Å². The normalized spacial score (nSPS) is 15.9. The lowest BCUT2D eigenvalue weighted by Gasteiger charge is -2.09. The second-order valence-electron chi connectivity index (χ2n) is 4.20. The molecule has 0 spiro atoms. The summed E-state index contributed by atoms with van der Waals surface area (Å²) in [4.78, 5) is 0.110. The van der Waals surface area contributed by atoms with Gasteiger partial charge in [-0.15, -0.1) is 0 Å². The minimum atomic E-state index is -3.53. The molecule has 2 N–H and O–H groups in total. The second-order valence-corrected chi connectivity index (χ2v) is 7.26. The highest BCUT2D eigenvalue weighted by atomic mass is 79.9. The minimum Gasteiger partial charge on any atom is -0.313 e. The number of rotatable bonds is 6. The maximum Gasteiger partial charge on any atom is 0.242 e. The van der Waals surface area contributed by atoms with Gasteiger partial charge < -0.3 is 5.32 Å². The average molecular weight is 354 g/mol. The van der Waals surface area contributed by atoms with Crippen LogP contribution in [0.15, 0.2) is 27.6 Å². The molecule has 1 aromatic carbocycles. The van der Waals surface area contributed by atoms with Crippen molar-refractivity contribution in [1.82, 2.24) is 10.0 Å². The number of sulfonamides is 1. The summed E-state index contributed by atoms with van der Waals surface area (Å²) in [7, 11) is -3.53. The standard InChI is InChI=1S/C11H14BrClN2O2S/c12-8-1-4-11(10(13)7-8)18(16,17)15-6-5-14-9-2-3-9/h1,4,7,9,14-15H,2-3,5-6H2. The van der Waals surface area contributed by atoms with Crippen LogP contribution in [0.1, 0.15) is 12.8 Å². The maximum atomic E-state index is 12.0. The van der Waals surface area contributed by atoms with Gasteiger partial charge in [0, 0.05) is 23.6 Å². The second kappa shape index (κ2) is 5.88. The van der Waals surface area contributed by atoms with Crippen LogP contribution in [0.25, 0.3) is 0 Å². The van der Waals surface area contributed by atoms with Crippen LogP contribution >= 0.6 is 27.5 Å². The molecule has 0 aliphatic heterocycles. The Morgan fingerprint density at radius 3 is 2.67 bits per heavy atom. The van der Waals surface area contributed by atoms with E-state index in [0.29, 0.717) is 19.1 Å². The van der Waals surface area contributed by atoms with E-state index in [2.05, 4.69) is 26.0 Å². The van der Waals surface area contributed by atoms with E-state index in [1.54, 1.807) is 12.1 Å². The molecule has 100 valence electrons. The molecule has 1 saturated carbocycles. The van der Waals surface area contributed by atoms with Crippen LogP contribution in [0.2, 0.25) is 5.02 Å². The van der Waals surface area contributed by atoms with E-state index in [1.165, 1.54) is 18.9 Å². The van der Waals surface area contributed by atoms with Crippen molar-refractivity contribution in [3.63, 3.8) is 0 Å². The Kier molecular flexibility index (Phi) is 4.66. The number of nitrogens with one attached hydrogen (secondary N) is 2. The van der Waals surface area contributed by atoms with Crippen LogP contribution in [0.3, 0.4) is 0 Å². The molecule has 0 aromatic heterocycles. The first-order valence-electron chi connectivity index (χ1n) is 5.67. The zero-order valence-corrected chi connectivity index (χ0v) is 12.8. The van der Waals surface area contributed by atoms with Gasteiger partial charge in [0.15, 0.2) is 0 Å². The molecule has 1 fully saturated rings. The molecular weight excluding hydrogens is 340 g/mol. The molecule has 0 saturated heterocycles. The summed E-state index contributed by atoms with van der Waals surface area (Å²) in [6.07, 6.45) is 2.37. The van der Waals surface area contributed by atoms with Gasteiger partial charge in [-0.25, -0.2) is 13.1 Å². The van der Waals surface area contributed by atoms with Gasteiger partial charge in [0.25, 0.3) is 0 Å². The first kappa shape index (κ1) is 14.3. The molecule has 2 rings (SSSR count). The fourth-order valence-corrected chi connectivity index (χ4v) is 3.59. The number of hydrogen-bond donors (Lipinski definition) is 2. The third kappa shape index (κ3) is 3.93. The van der Waals surface area contributed by atoms with Crippen LogP contribution in [-0.2, 0) is 10.0 Å². The highest BCUT2D eigenvalue weighted by molar-refractivity contribution is 9.10. The summed E-state index contributed by atoms with van der Waals surface area (Å²) < 4.78 is 27.3. The van der Waals surface area contributed by atoms with Gasteiger partial charge in [0.1, 0.15) is 4.90 Å². The molecule has 0 amide bonds. The molecule has 0 radical (unpaired) electrons.